The Bertz CT molecular complexity index is 1380. The number of benzene rings is 1. The maximum atomic E-state index is 15.2. The molecule has 32 heavy (non-hydrogen) atoms. The molecule has 1 N–H and O–H groups in total. The molecule has 1 aromatic carbocycles. The van der Waals surface area contributed by atoms with Gasteiger partial charge in [-0.15, -0.1) is 0 Å². The van der Waals surface area contributed by atoms with Gasteiger partial charge in [-0.2, -0.15) is 0 Å². The summed E-state index contributed by atoms with van der Waals surface area (Å²) < 4.78 is 19.3. The summed E-state index contributed by atoms with van der Waals surface area (Å²) in [5, 5.41) is 4.51. The van der Waals surface area contributed by atoms with E-state index in [1.807, 2.05) is 13.1 Å². The van der Waals surface area contributed by atoms with Crippen LogP contribution in [-0.2, 0) is 7.05 Å². The Kier molecular flexibility index (Phi) is 4.25. The molecule has 3 aromatic heterocycles. The second-order valence-electron chi connectivity index (χ2n) is 8.76. The van der Waals surface area contributed by atoms with Gasteiger partial charge in [0.15, 0.2) is 11.6 Å². The summed E-state index contributed by atoms with van der Waals surface area (Å²) in [6.45, 7) is 4.40. The van der Waals surface area contributed by atoms with Crippen molar-refractivity contribution < 1.29 is 9.18 Å². The fourth-order valence-electron chi connectivity index (χ4n) is 5.24. The molecule has 8 heteroatoms. The van der Waals surface area contributed by atoms with E-state index >= 15 is 4.39 Å². The highest BCUT2D eigenvalue weighted by atomic mass is 19.1. The SMILES string of the molecule is CCC1CNc2nccc3cc(-c4nc5cc(C(=O)N6CCCC6)cc(F)c5n4C)n1c23. The second-order valence-corrected chi connectivity index (χ2v) is 8.76. The van der Waals surface area contributed by atoms with E-state index in [2.05, 4.69) is 27.9 Å². The number of halogens is 1. The summed E-state index contributed by atoms with van der Waals surface area (Å²) in [6.07, 6.45) is 4.75. The molecule has 2 aliphatic rings. The lowest BCUT2D eigenvalue weighted by Gasteiger charge is -2.27. The van der Waals surface area contributed by atoms with Crippen LogP contribution in [0.15, 0.2) is 30.5 Å². The summed E-state index contributed by atoms with van der Waals surface area (Å²) in [7, 11) is 1.84. The summed E-state index contributed by atoms with van der Waals surface area (Å²) in [4.78, 5) is 24.0. The molecule has 6 rings (SSSR count). The maximum absolute atomic E-state index is 15.2. The Morgan fingerprint density at radius 1 is 1.22 bits per heavy atom. The van der Waals surface area contributed by atoms with Crippen molar-refractivity contribution >= 4 is 33.7 Å². The summed E-state index contributed by atoms with van der Waals surface area (Å²) in [5.74, 6) is 1.01. The minimum absolute atomic E-state index is 0.119. The lowest BCUT2D eigenvalue weighted by Crippen LogP contribution is -2.27. The molecule has 1 atom stereocenters. The molecule has 7 nitrogen and oxygen atoms in total. The number of rotatable bonds is 3. The summed E-state index contributed by atoms with van der Waals surface area (Å²) >= 11 is 0. The van der Waals surface area contributed by atoms with Crippen molar-refractivity contribution in [2.45, 2.75) is 32.2 Å². The zero-order valence-electron chi connectivity index (χ0n) is 18.2. The monoisotopic (exact) mass is 432 g/mol. The molecule has 1 unspecified atom stereocenters. The van der Waals surface area contributed by atoms with Crippen LogP contribution in [0.2, 0.25) is 0 Å². The molecule has 0 aliphatic carbocycles. The average Bonchev–Trinajstić information content (AvgIpc) is 3.53. The molecule has 2 aliphatic heterocycles. The van der Waals surface area contributed by atoms with Gasteiger partial charge in [0, 0.05) is 43.8 Å². The molecule has 164 valence electrons. The number of hydrogen-bond donors (Lipinski definition) is 1. The largest absolute Gasteiger partial charge is 0.366 e. The number of fused-ring (bicyclic) bond motifs is 1. The van der Waals surface area contributed by atoms with Crippen LogP contribution >= 0.6 is 0 Å². The van der Waals surface area contributed by atoms with Gasteiger partial charge in [-0.1, -0.05) is 6.92 Å². The minimum atomic E-state index is -0.419. The Balaban J connectivity index is 1.54. The number of carbonyl (C=O) groups excluding carboxylic acids is 1. The number of likely N-dealkylation sites (tertiary alicyclic amines) is 1. The second kappa shape index (κ2) is 7.05. The normalized spacial score (nSPS) is 18.0. The van der Waals surface area contributed by atoms with Crippen LogP contribution in [0.25, 0.3) is 33.5 Å². The minimum Gasteiger partial charge on any atom is -0.366 e. The number of nitrogens with one attached hydrogen (secondary N) is 1. The van der Waals surface area contributed by atoms with Gasteiger partial charge in [-0.3, -0.25) is 4.79 Å². The van der Waals surface area contributed by atoms with Gasteiger partial charge < -0.3 is 19.4 Å². The zero-order valence-corrected chi connectivity index (χ0v) is 18.2. The Hall–Kier alpha value is -3.42. The van der Waals surface area contributed by atoms with E-state index < -0.39 is 5.82 Å². The number of hydrogen-bond acceptors (Lipinski definition) is 4. The smallest absolute Gasteiger partial charge is 0.254 e. The first kappa shape index (κ1) is 19.3. The molecule has 1 amide bonds. The number of nitrogens with zero attached hydrogens (tertiary/aromatic N) is 5. The molecule has 0 saturated carbocycles. The van der Waals surface area contributed by atoms with E-state index in [-0.39, 0.29) is 11.9 Å². The standard InChI is InChI=1S/C24H25FN6O/c1-3-16-13-27-22-20-14(6-7-26-22)12-19(31(16)20)23-28-18-11-15(10-17(25)21(18)29(23)2)24(32)30-8-4-5-9-30/h6-7,10-12,16H,3-5,8-9,13H2,1-2H3,(H,26,27). The van der Waals surface area contributed by atoms with E-state index in [4.69, 9.17) is 4.98 Å². The maximum Gasteiger partial charge on any atom is 0.254 e. The molecule has 4 aromatic rings. The summed E-state index contributed by atoms with van der Waals surface area (Å²) in [6, 6.07) is 7.43. The predicted molar refractivity (Wildman–Crippen MR) is 122 cm³/mol. The predicted octanol–water partition coefficient (Wildman–Crippen LogP) is 4.34. The number of anilines is 1. The van der Waals surface area contributed by atoms with Crippen molar-refractivity contribution in [3.05, 3.63) is 41.8 Å². The van der Waals surface area contributed by atoms with Crippen molar-refractivity contribution in [2.75, 3.05) is 25.0 Å². The van der Waals surface area contributed by atoms with Crippen molar-refractivity contribution in [3.8, 4) is 11.5 Å². The van der Waals surface area contributed by atoms with E-state index in [0.29, 0.717) is 22.4 Å². The lowest BCUT2D eigenvalue weighted by atomic mass is 10.1. The molecular weight excluding hydrogens is 407 g/mol. The Labute approximate surface area is 184 Å². The highest BCUT2D eigenvalue weighted by Crippen LogP contribution is 2.38. The first-order valence-electron chi connectivity index (χ1n) is 11.3. The van der Waals surface area contributed by atoms with Crippen LogP contribution in [0, 0.1) is 5.82 Å². The number of carbonyl (C=O) groups is 1. The van der Waals surface area contributed by atoms with Crippen molar-refractivity contribution in [1.29, 1.82) is 0 Å². The quantitative estimate of drug-likeness (QED) is 0.523. The highest BCUT2D eigenvalue weighted by molar-refractivity contribution is 5.99. The first-order valence-corrected chi connectivity index (χ1v) is 11.3. The van der Waals surface area contributed by atoms with Crippen LogP contribution in [0.4, 0.5) is 10.2 Å². The lowest BCUT2D eigenvalue weighted by molar-refractivity contribution is 0.0792. The number of aryl methyl sites for hydroxylation is 1. The Morgan fingerprint density at radius 3 is 2.81 bits per heavy atom. The van der Waals surface area contributed by atoms with Gasteiger partial charge in [-0.25, -0.2) is 14.4 Å². The molecule has 1 fully saturated rings. The van der Waals surface area contributed by atoms with Gasteiger partial charge in [0.25, 0.3) is 5.91 Å². The van der Waals surface area contributed by atoms with E-state index in [9.17, 15) is 4.79 Å². The molecule has 0 radical (unpaired) electrons. The molecule has 0 spiro atoms. The van der Waals surface area contributed by atoms with Crippen LogP contribution in [-0.4, -0.2) is 49.5 Å². The van der Waals surface area contributed by atoms with Crippen LogP contribution in [0.1, 0.15) is 42.6 Å². The fraction of sp³-hybridized carbons (Fsp3) is 0.375. The summed E-state index contributed by atoms with van der Waals surface area (Å²) in [5.41, 5.74) is 3.27. The van der Waals surface area contributed by atoms with Crippen molar-refractivity contribution in [3.63, 3.8) is 0 Å². The van der Waals surface area contributed by atoms with Crippen molar-refractivity contribution in [2.24, 2.45) is 7.05 Å². The van der Waals surface area contributed by atoms with Gasteiger partial charge in [0.05, 0.1) is 22.8 Å². The van der Waals surface area contributed by atoms with Gasteiger partial charge in [0.2, 0.25) is 0 Å². The third-order valence-electron chi connectivity index (χ3n) is 6.88. The number of pyridine rings is 1. The Morgan fingerprint density at radius 2 is 2.03 bits per heavy atom. The molecule has 1 saturated heterocycles. The van der Waals surface area contributed by atoms with Gasteiger partial charge in [-0.05, 0) is 43.5 Å². The van der Waals surface area contributed by atoms with Gasteiger partial charge in [0.1, 0.15) is 11.3 Å². The van der Waals surface area contributed by atoms with Gasteiger partial charge >= 0.3 is 0 Å². The zero-order chi connectivity index (χ0) is 22.0. The van der Waals surface area contributed by atoms with Crippen LogP contribution < -0.4 is 5.32 Å². The molecule has 0 bridgehead atoms. The van der Waals surface area contributed by atoms with E-state index in [1.165, 1.54) is 6.07 Å². The topological polar surface area (TPSA) is 68.0 Å². The van der Waals surface area contributed by atoms with Crippen LogP contribution in [0.3, 0.4) is 0 Å². The average molecular weight is 433 g/mol. The number of aromatic nitrogens is 4. The highest BCUT2D eigenvalue weighted by Gasteiger charge is 2.28. The molecule has 5 heterocycles. The first-order chi connectivity index (χ1) is 15.6. The third kappa shape index (κ3) is 2.68. The van der Waals surface area contributed by atoms with E-state index in [0.717, 1.165) is 61.3 Å². The van der Waals surface area contributed by atoms with Crippen molar-refractivity contribution in [1.82, 2.24) is 24.0 Å². The van der Waals surface area contributed by atoms with Crippen LogP contribution in [0.5, 0.6) is 0 Å². The van der Waals surface area contributed by atoms with E-state index in [1.54, 1.807) is 21.7 Å². The molecular formula is C24H25FN6O. The third-order valence-corrected chi connectivity index (χ3v) is 6.88. The fourth-order valence-corrected chi connectivity index (χ4v) is 5.24. The number of amides is 1. The number of imidazole rings is 1.